The van der Waals surface area contributed by atoms with Crippen LogP contribution in [-0.2, 0) is 24.8 Å². The molecule has 4 heterocycles. The van der Waals surface area contributed by atoms with E-state index in [0.29, 0.717) is 13.1 Å². The topological polar surface area (TPSA) is 144 Å². The quantitative estimate of drug-likeness (QED) is 0.231. The van der Waals surface area contributed by atoms with Crippen molar-refractivity contribution in [2.45, 2.75) is 38.5 Å². The highest BCUT2D eigenvalue weighted by molar-refractivity contribution is 7.89. The first-order chi connectivity index (χ1) is 19.7. The molecular weight excluding hydrogens is 674 g/mol. The predicted molar refractivity (Wildman–Crippen MR) is 164 cm³/mol. The van der Waals surface area contributed by atoms with Gasteiger partial charge in [-0.2, -0.15) is 0 Å². The third-order valence-electron chi connectivity index (χ3n) is 6.14. The molecule has 2 aliphatic rings. The summed E-state index contributed by atoms with van der Waals surface area (Å²) in [5.41, 5.74) is 0.292. The Morgan fingerprint density at radius 3 is 1.55 bits per heavy atom. The van der Waals surface area contributed by atoms with Gasteiger partial charge in [-0.1, -0.05) is 59.2 Å². The van der Waals surface area contributed by atoms with Crippen LogP contribution in [0.5, 0.6) is 0 Å². The van der Waals surface area contributed by atoms with Crippen LogP contribution in [0.4, 0.5) is 0 Å². The van der Waals surface area contributed by atoms with E-state index in [0.717, 1.165) is 45.2 Å². The van der Waals surface area contributed by atoms with Crippen LogP contribution in [0.2, 0.25) is 20.6 Å². The fraction of sp³-hybridized carbons (Fsp3) is 0.520. The highest BCUT2D eigenvalue weighted by Crippen LogP contribution is 2.20. The van der Waals surface area contributed by atoms with Crippen LogP contribution in [0.15, 0.2) is 24.3 Å². The molecule has 2 saturated heterocycles. The minimum Gasteiger partial charge on any atom is -0.465 e. The number of Topliss-reactive ketones (excluding diaryl/α,β-unsaturated/α-hetero) is 1. The molecule has 42 heavy (non-hydrogen) atoms. The molecule has 0 aromatic carbocycles. The Labute approximate surface area is 266 Å². The summed E-state index contributed by atoms with van der Waals surface area (Å²) in [7, 11) is -5.21. The van der Waals surface area contributed by atoms with E-state index in [-0.39, 0.29) is 31.7 Å². The smallest absolute Gasteiger partial charge is 0.341 e. The number of piperidine rings is 2. The van der Waals surface area contributed by atoms with Gasteiger partial charge in [0.25, 0.3) is 0 Å². The van der Waals surface area contributed by atoms with E-state index < -0.39 is 37.6 Å². The highest BCUT2D eigenvalue weighted by Gasteiger charge is 2.28. The largest absolute Gasteiger partial charge is 0.465 e. The van der Waals surface area contributed by atoms with Crippen LogP contribution in [-0.4, -0.2) is 92.5 Å². The summed E-state index contributed by atoms with van der Waals surface area (Å²) in [6, 6.07) is 5.74. The van der Waals surface area contributed by atoms with Gasteiger partial charge in [-0.05, 0) is 49.9 Å². The van der Waals surface area contributed by atoms with E-state index in [1.807, 2.05) is 0 Å². The van der Waals surface area contributed by atoms with E-state index >= 15 is 0 Å². The highest BCUT2D eigenvalue weighted by atomic mass is 35.5. The van der Waals surface area contributed by atoms with Gasteiger partial charge in [0.05, 0.1) is 24.5 Å². The number of hydrogen-bond acceptors (Lipinski definition) is 9. The second-order valence-electron chi connectivity index (χ2n) is 9.30. The van der Waals surface area contributed by atoms with Gasteiger partial charge in [-0.25, -0.2) is 40.2 Å². The number of hydrogen-bond donors (Lipinski definition) is 0. The van der Waals surface area contributed by atoms with Crippen molar-refractivity contribution in [3.63, 3.8) is 0 Å². The maximum Gasteiger partial charge on any atom is 0.341 e. The standard InChI is InChI=1S/C12H14Cl2N2O3S.C7H5Cl2NO2.C6H13NO2S/c13-11-5-4-9(12(14)15-11)10(17)8-20(18,19)16-6-2-1-3-7-16;1-12-7(11)4-2-3-5(8)10-6(4)9;1-10(8,9)7-5-3-2-4-6-7/h4-5H,1-3,6-8H2;2-3H,1H3;2-6H2,1H3. The molecule has 0 spiro atoms. The van der Waals surface area contributed by atoms with E-state index in [1.54, 1.807) is 4.31 Å². The van der Waals surface area contributed by atoms with Crippen molar-refractivity contribution in [3.05, 3.63) is 56.0 Å². The Hall–Kier alpha value is -1.58. The number of carbonyl (C=O) groups is 2. The molecule has 0 radical (unpaired) electrons. The summed E-state index contributed by atoms with van der Waals surface area (Å²) in [6.07, 6.45) is 7.17. The average molecular weight is 706 g/mol. The lowest BCUT2D eigenvalue weighted by Gasteiger charge is -2.25. The second kappa shape index (κ2) is 17.0. The molecule has 0 amide bonds. The Morgan fingerprint density at radius 1 is 0.738 bits per heavy atom. The van der Waals surface area contributed by atoms with Crippen LogP contribution in [0.1, 0.15) is 59.2 Å². The number of pyridine rings is 2. The molecule has 0 unspecified atom stereocenters. The minimum atomic E-state index is -3.59. The lowest BCUT2D eigenvalue weighted by Crippen LogP contribution is -2.39. The molecule has 0 atom stereocenters. The monoisotopic (exact) mass is 704 g/mol. The molecule has 234 valence electrons. The van der Waals surface area contributed by atoms with Crippen LogP contribution < -0.4 is 0 Å². The zero-order valence-electron chi connectivity index (χ0n) is 23.1. The van der Waals surface area contributed by atoms with E-state index in [2.05, 4.69) is 14.7 Å². The van der Waals surface area contributed by atoms with Crippen molar-refractivity contribution < 1.29 is 31.2 Å². The zero-order chi connectivity index (χ0) is 31.5. The number of carbonyl (C=O) groups excluding carboxylic acids is 2. The number of halogens is 4. The summed E-state index contributed by atoms with van der Waals surface area (Å²) in [4.78, 5) is 30.4. The molecule has 0 bridgehead atoms. The number of ketones is 1. The summed E-state index contributed by atoms with van der Waals surface area (Å²) >= 11 is 22.6. The van der Waals surface area contributed by atoms with Gasteiger partial charge in [0.15, 0.2) is 5.78 Å². The van der Waals surface area contributed by atoms with Gasteiger partial charge in [-0.3, -0.25) is 4.79 Å². The molecule has 2 aliphatic heterocycles. The van der Waals surface area contributed by atoms with Crippen molar-refractivity contribution in [1.29, 1.82) is 0 Å². The van der Waals surface area contributed by atoms with Crippen molar-refractivity contribution in [3.8, 4) is 0 Å². The zero-order valence-corrected chi connectivity index (χ0v) is 27.7. The molecule has 11 nitrogen and oxygen atoms in total. The first kappa shape index (κ1) is 36.6. The predicted octanol–water partition coefficient (Wildman–Crippen LogP) is 4.99. The van der Waals surface area contributed by atoms with Gasteiger partial charge >= 0.3 is 5.97 Å². The molecule has 0 saturated carbocycles. The van der Waals surface area contributed by atoms with Crippen LogP contribution in [0.25, 0.3) is 0 Å². The first-order valence-corrected chi connectivity index (χ1v) is 17.8. The van der Waals surface area contributed by atoms with Gasteiger partial charge in [0.1, 0.15) is 26.4 Å². The molecule has 2 fully saturated rings. The van der Waals surface area contributed by atoms with Gasteiger partial charge in [-0.15, -0.1) is 0 Å². The summed E-state index contributed by atoms with van der Waals surface area (Å²) in [6.45, 7) is 2.39. The fourth-order valence-corrected chi connectivity index (χ4v) is 7.25. The maximum absolute atomic E-state index is 12.2. The SMILES string of the molecule is COC(=O)c1ccc(Cl)nc1Cl.CS(=O)(=O)N1CCCCC1.O=C(CS(=O)(=O)N1CCCCC1)c1ccc(Cl)nc1Cl. The van der Waals surface area contributed by atoms with Crippen molar-refractivity contribution in [2.75, 3.05) is 45.3 Å². The van der Waals surface area contributed by atoms with Crippen LogP contribution in [0.3, 0.4) is 0 Å². The molecule has 2 aromatic rings. The second-order valence-corrected chi connectivity index (χ2v) is 14.7. The Bertz CT molecular complexity index is 1450. The van der Waals surface area contributed by atoms with Gasteiger partial charge in [0, 0.05) is 26.2 Å². The Balaban J connectivity index is 0.000000239. The molecule has 0 N–H and O–H groups in total. The van der Waals surface area contributed by atoms with E-state index in [4.69, 9.17) is 46.4 Å². The molecular formula is C25H32Cl4N4O7S2. The number of rotatable bonds is 6. The number of esters is 1. The van der Waals surface area contributed by atoms with Crippen LogP contribution >= 0.6 is 46.4 Å². The normalized spacial score (nSPS) is 16.3. The molecule has 2 aromatic heterocycles. The third kappa shape index (κ3) is 11.8. The average Bonchev–Trinajstić information content (AvgIpc) is 2.93. The Kier molecular flexibility index (Phi) is 14.9. The maximum atomic E-state index is 12.2. The number of ether oxygens (including phenoxy) is 1. The van der Waals surface area contributed by atoms with E-state index in [1.165, 1.54) is 48.4 Å². The molecule has 17 heteroatoms. The summed E-state index contributed by atoms with van der Waals surface area (Å²) in [5.74, 6) is -1.68. The number of methoxy groups -OCH3 is 1. The summed E-state index contributed by atoms with van der Waals surface area (Å²) < 4.78 is 53.5. The Morgan fingerprint density at radius 2 is 1.17 bits per heavy atom. The fourth-order valence-electron chi connectivity index (χ4n) is 3.97. The van der Waals surface area contributed by atoms with Crippen molar-refractivity contribution >= 4 is 78.2 Å². The molecule has 4 rings (SSSR count). The number of aromatic nitrogens is 2. The number of nitrogens with zero attached hydrogens (tertiary/aromatic N) is 4. The lowest BCUT2D eigenvalue weighted by molar-refractivity contribution is 0.0600. The minimum absolute atomic E-state index is 0.0503. The molecule has 0 aliphatic carbocycles. The van der Waals surface area contributed by atoms with Crippen LogP contribution in [0, 0.1) is 0 Å². The third-order valence-corrected chi connectivity index (χ3v) is 10.2. The van der Waals surface area contributed by atoms with Gasteiger partial charge in [0.2, 0.25) is 20.0 Å². The van der Waals surface area contributed by atoms with Crippen molar-refractivity contribution in [2.24, 2.45) is 0 Å². The summed E-state index contributed by atoms with van der Waals surface area (Å²) in [5, 5.41) is 0.379. The van der Waals surface area contributed by atoms with Crippen molar-refractivity contribution in [1.82, 2.24) is 18.6 Å². The number of sulfonamides is 2. The first-order valence-electron chi connectivity index (χ1n) is 12.8. The lowest BCUT2D eigenvalue weighted by atomic mass is 10.2. The van der Waals surface area contributed by atoms with Gasteiger partial charge < -0.3 is 4.74 Å². The van der Waals surface area contributed by atoms with E-state index in [9.17, 15) is 26.4 Å².